The number of hydrogen-bond acceptors (Lipinski definition) is 4. The van der Waals surface area contributed by atoms with Gasteiger partial charge >= 0.3 is 0 Å². The molecule has 0 fully saturated rings. The Balaban J connectivity index is 2.44. The van der Waals surface area contributed by atoms with Gasteiger partial charge in [0.1, 0.15) is 5.75 Å². The van der Waals surface area contributed by atoms with Crippen LogP contribution in [0.4, 0.5) is 0 Å². The summed E-state index contributed by atoms with van der Waals surface area (Å²) in [7, 11) is 0. The van der Waals surface area contributed by atoms with E-state index >= 15 is 0 Å². The molecule has 1 atom stereocenters. The van der Waals surface area contributed by atoms with Crippen LogP contribution in [0.3, 0.4) is 0 Å². The fourth-order valence-electron chi connectivity index (χ4n) is 2.08. The Labute approximate surface area is 118 Å². The van der Waals surface area contributed by atoms with Crippen molar-refractivity contribution >= 4 is 0 Å². The van der Waals surface area contributed by atoms with Gasteiger partial charge in [-0.3, -0.25) is 0 Å². The number of pyridine rings is 1. The molecule has 0 radical (unpaired) electrons. The molecular formula is C16H16N2O2. The molecule has 0 amide bonds. The van der Waals surface area contributed by atoms with Crippen LogP contribution in [0.25, 0.3) is 0 Å². The van der Waals surface area contributed by atoms with Crippen molar-refractivity contribution in [3.8, 4) is 17.7 Å². The molecule has 0 unspecified atom stereocenters. The molecule has 2 aromatic rings. The summed E-state index contributed by atoms with van der Waals surface area (Å²) in [6.07, 6.45) is 0.966. The third-order valence-electron chi connectivity index (χ3n) is 3.04. The summed E-state index contributed by atoms with van der Waals surface area (Å²) in [5.74, 6) is 1.06. The number of hydrogen-bond donors (Lipinski definition) is 1. The molecule has 102 valence electrons. The molecule has 4 heteroatoms. The predicted octanol–water partition coefficient (Wildman–Crippen LogP) is 3.42. The van der Waals surface area contributed by atoms with Crippen LogP contribution in [-0.2, 0) is 0 Å². The molecule has 0 saturated carbocycles. The Kier molecular flexibility index (Phi) is 4.02. The molecular weight excluding hydrogens is 252 g/mol. The van der Waals surface area contributed by atoms with Crippen LogP contribution in [0.15, 0.2) is 30.5 Å². The number of benzene rings is 1. The molecule has 20 heavy (non-hydrogen) atoms. The molecule has 2 rings (SSSR count). The zero-order chi connectivity index (χ0) is 14.7. The van der Waals surface area contributed by atoms with Gasteiger partial charge in [0.25, 0.3) is 0 Å². The second-order valence-electron chi connectivity index (χ2n) is 4.73. The van der Waals surface area contributed by atoms with Gasteiger partial charge in [0, 0.05) is 11.8 Å². The molecule has 0 bridgehead atoms. The van der Waals surface area contributed by atoms with Gasteiger partial charge in [0.05, 0.1) is 17.7 Å². The van der Waals surface area contributed by atoms with Crippen LogP contribution in [0.1, 0.15) is 35.3 Å². The van der Waals surface area contributed by atoms with E-state index in [1.807, 2.05) is 13.8 Å². The minimum absolute atomic E-state index is 0.387. The van der Waals surface area contributed by atoms with E-state index in [-0.39, 0.29) is 0 Å². The normalized spacial score (nSPS) is 11.8. The van der Waals surface area contributed by atoms with Gasteiger partial charge in [-0.2, -0.15) is 5.26 Å². The SMILES string of the molecule is Cc1cc(C#N)cc(C)c1Oc1ncccc1[C@@H](C)O. The molecule has 0 aliphatic rings. The van der Waals surface area contributed by atoms with Crippen molar-refractivity contribution in [1.29, 1.82) is 5.26 Å². The topological polar surface area (TPSA) is 66.1 Å². The van der Waals surface area contributed by atoms with E-state index in [4.69, 9.17) is 10.00 Å². The number of aromatic nitrogens is 1. The van der Waals surface area contributed by atoms with E-state index in [9.17, 15) is 5.11 Å². The first-order chi connectivity index (χ1) is 9.52. The maximum atomic E-state index is 9.74. The minimum atomic E-state index is -0.655. The number of rotatable bonds is 3. The Morgan fingerprint density at radius 1 is 1.30 bits per heavy atom. The Morgan fingerprint density at radius 2 is 1.95 bits per heavy atom. The molecule has 1 aromatic carbocycles. The highest BCUT2D eigenvalue weighted by atomic mass is 16.5. The number of nitriles is 1. The van der Waals surface area contributed by atoms with Crippen LogP contribution in [0, 0.1) is 25.2 Å². The van der Waals surface area contributed by atoms with Crippen molar-refractivity contribution in [1.82, 2.24) is 4.98 Å². The van der Waals surface area contributed by atoms with Crippen LogP contribution in [0.2, 0.25) is 0 Å². The molecule has 0 aliphatic carbocycles. The minimum Gasteiger partial charge on any atom is -0.438 e. The van der Waals surface area contributed by atoms with Gasteiger partial charge in [0.2, 0.25) is 5.88 Å². The fraction of sp³-hybridized carbons (Fsp3) is 0.250. The van der Waals surface area contributed by atoms with Gasteiger partial charge in [-0.15, -0.1) is 0 Å². The molecule has 1 heterocycles. The van der Waals surface area contributed by atoms with Crippen LogP contribution >= 0.6 is 0 Å². The average Bonchev–Trinajstić information content (AvgIpc) is 2.42. The first kappa shape index (κ1) is 14.0. The lowest BCUT2D eigenvalue weighted by Crippen LogP contribution is -2.00. The first-order valence-corrected chi connectivity index (χ1v) is 6.35. The lowest BCUT2D eigenvalue weighted by Gasteiger charge is -2.15. The summed E-state index contributed by atoms with van der Waals surface area (Å²) in [4.78, 5) is 4.17. The number of ether oxygens (including phenoxy) is 1. The van der Waals surface area contributed by atoms with Crippen molar-refractivity contribution in [2.24, 2.45) is 0 Å². The smallest absolute Gasteiger partial charge is 0.225 e. The highest BCUT2D eigenvalue weighted by molar-refractivity contribution is 5.49. The maximum absolute atomic E-state index is 9.74. The Hall–Kier alpha value is -2.38. The zero-order valence-electron chi connectivity index (χ0n) is 11.7. The highest BCUT2D eigenvalue weighted by Gasteiger charge is 2.14. The molecule has 4 nitrogen and oxygen atoms in total. The third kappa shape index (κ3) is 2.79. The Morgan fingerprint density at radius 3 is 2.50 bits per heavy atom. The van der Waals surface area contributed by atoms with E-state index in [1.54, 1.807) is 37.4 Å². The third-order valence-corrected chi connectivity index (χ3v) is 3.04. The van der Waals surface area contributed by atoms with E-state index < -0.39 is 6.10 Å². The van der Waals surface area contributed by atoms with Crippen molar-refractivity contribution in [2.75, 3.05) is 0 Å². The monoisotopic (exact) mass is 268 g/mol. The quantitative estimate of drug-likeness (QED) is 0.926. The maximum Gasteiger partial charge on any atom is 0.225 e. The van der Waals surface area contributed by atoms with Crippen molar-refractivity contribution < 1.29 is 9.84 Å². The lowest BCUT2D eigenvalue weighted by molar-refractivity contribution is 0.194. The summed E-state index contributed by atoms with van der Waals surface area (Å²) in [5.41, 5.74) is 2.97. The summed E-state index contributed by atoms with van der Waals surface area (Å²) in [5, 5.41) is 18.7. The highest BCUT2D eigenvalue weighted by Crippen LogP contribution is 2.32. The fourth-order valence-corrected chi connectivity index (χ4v) is 2.08. The summed E-state index contributed by atoms with van der Waals surface area (Å²) < 4.78 is 5.85. The molecule has 1 N–H and O–H groups in total. The first-order valence-electron chi connectivity index (χ1n) is 6.35. The summed E-state index contributed by atoms with van der Waals surface area (Å²) >= 11 is 0. The molecule has 0 aliphatic heterocycles. The molecule has 0 saturated heterocycles. The van der Waals surface area contributed by atoms with E-state index in [0.717, 1.165) is 11.1 Å². The van der Waals surface area contributed by atoms with E-state index in [0.29, 0.717) is 22.8 Å². The number of nitrogens with zero attached hydrogens (tertiary/aromatic N) is 2. The average molecular weight is 268 g/mol. The van der Waals surface area contributed by atoms with Crippen LogP contribution in [-0.4, -0.2) is 10.1 Å². The summed E-state index contributed by atoms with van der Waals surface area (Å²) in [6.45, 7) is 5.44. The van der Waals surface area contributed by atoms with Crippen molar-refractivity contribution in [3.63, 3.8) is 0 Å². The van der Waals surface area contributed by atoms with Gasteiger partial charge < -0.3 is 9.84 Å². The Bertz CT molecular complexity index is 649. The summed E-state index contributed by atoms with van der Waals surface area (Å²) in [6, 6.07) is 9.20. The van der Waals surface area contributed by atoms with Crippen LogP contribution in [0.5, 0.6) is 11.6 Å². The largest absolute Gasteiger partial charge is 0.438 e. The van der Waals surface area contributed by atoms with Crippen molar-refractivity contribution in [2.45, 2.75) is 26.9 Å². The van der Waals surface area contributed by atoms with Gasteiger partial charge in [-0.1, -0.05) is 0 Å². The standard InChI is InChI=1S/C16H16N2O2/c1-10-7-13(9-17)8-11(2)15(10)20-16-14(12(3)19)5-4-6-18-16/h4-8,12,19H,1-3H3/t12-/m1/s1. The van der Waals surface area contributed by atoms with Gasteiger partial charge in [-0.25, -0.2) is 4.98 Å². The number of aliphatic hydroxyl groups is 1. The molecule has 1 aromatic heterocycles. The zero-order valence-corrected chi connectivity index (χ0v) is 11.7. The van der Waals surface area contributed by atoms with Crippen molar-refractivity contribution in [3.05, 3.63) is 52.7 Å². The number of aryl methyl sites for hydroxylation is 2. The molecule has 0 spiro atoms. The van der Waals surface area contributed by atoms with Gasteiger partial charge in [0.15, 0.2) is 0 Å². The lowest BCUT2D eigenvalue weighted by atomic mass is 10.1. The second-order valence-corrected chi connectivity index (χ2v) is 4.73. The predicted molar refractivity (Wildman–Crippen MR) is 75.6 cm³/mol. The second kappa shape index (κ2) is 5.72. The van der Waals surface area contributed by atoms with Crippen LogP contribution < -0.4 is 4.74 Å². The number of aliphatic hydroxyl groups excluding tert-OH is 1. The van der Waals surface area contributed by atoms with E-state index in [2.05, 4.69) is 11.1 Å². The van der Waals surface area contributed by atoms with E-state index in [1.165, 1.54) is 0 Å². The van der Waals surface area contributed by atoms with Gasteiger partial charge in [-0.05, 0) is 56.2 Å².